The molecule has 2 aromatic carbocycles. The van der Waals surface area contributed by atoms with E-state index in [1.807, 2.05) is 30.5 Å². The number of rotatable bonds is 1. The second-order valence-electron chi connectivity index (χ2n) is 5.96. The lowest BCUT2D eigenvalue weighted by molar-refractivity contribution is -0.568. The number of nitrogens with two attached hydrogens (primary N) is 1. The molecule has 8 heteroatoms. The number of hydrogen-bond acceptors (Lipinski definition) is 4. The summed E-state index contributed by atoms with van der Waals surface area (Å²) in [4.78, 5) is 1.77. The van der Waals surface area contributed by atoms with Crippen molar-refractivity contribution in [3.8, 4) is 0 Å². The Morgan fingerprint density at radius 2 is 1.77 bits per heavy atom. The quantitative estimate of drug-likeness (QED) is 0.743. The Kier molecular flexibility index (Phi) is 4.17. The van der Waals surface area contributed by atoms with Crippen molar-refractivity contribution in [3.63, 3.8) is 0 Å². The van der Waals surface area contributed by atoms with E-state index in [4.69, 9.17) is 0 Å². The molecule has 0 unspecified atom stereocenters. The summed E-state index contributed by atoms with van der Waals surface area (Å²) in [7, 11) is 1.80. The first-order valence-electron chi connectivity index (χ1n) is 7.65. The van der Waals surface area contributed by atoms with E-state index < -0.39 is 11.7 Å². The molecule has 136 valence electrons. The minimum Gasteiger partial charge on any atom is -0.870 e. The minimum absolute atomic E-state index is 0. The van der Waals surface area contributed by atoms with E-state index in [1.54, 1.807) is 17.4 Å². The number of likely N-dealkylation sites (N-methyl/N-ethyl adjacent to an activating group) is 1. The van der Waals surface area contributed by atoms with Crippen LogP contribution in [0.3, 0.4) is 0 Å². The zero-order chi connectivity index (χ0) is 17.8. The fourth-order valence-corrected chi connectivity index (χ4v) is 3.19. The van der Waals surface area contributed by atoms with Crippen LogP contribution in [0.25, 0.3) is 11.9 Å². The van der Waals surface area contributed by atoms with Gasteiger partial charge in [0.05, 0.1) is 11.3 Å². The van der Waals surface area contributed by atoms with E-state index in [0.29, 0.717) is 5.70 Å². The molecule has 0 aliphatic carbocycles. The first-order valence-corrected chi connectivity index (χ1v) is 7.65. The number of aliphatic hydroxyl groups is 1. The van der Waals surface area contributed by atoms with Crippen molar-refractivity contribution in [1.82, 2.24) is 4.90 Å². The summed E-state index contributed by atoms with van der Waals surface area (Å²) in [5.74, 6) is -0.0948. The van der Waals surface area contributed by atoms with Gasteiger partial charge in [-0.1, -0.05) is 24.3 Å². The van der Waals surface area contributed by atoms with Gasteiger partial charge in [0.25, 0.3) is 5.88 Å². The van der Waals surface area contributed by atoms with Gasteiger partial charge in [-0.2, -0.15) is 18.2 Å². The SMILES string of the molecule is CN1C=c2ccccc2=C2[NH2+]N(c3cccc(C(F)(F)F)c3)C(O)=C21.[OH-]. The Morgan fingerprint density at radius 1 is 1.04 bits per heavy atom. The molecule has 5 nitrogen and oxygen atoms in total. The van der Waals surface area contributed by atoms with Crippen molar-refractivity contribution in [2.24, 2.45) is 0 Å². The molecule has 2 aliphatic rings. The summed E-state index contributed by atoms with van der Waals surface area (Å²) < 4.78 is 39.0. The smallest absolute Gasteiger partial charge is 0.416 e. The van der Waals surface area contributed by atoms with Gasteiger partial charge >= 0.3 is 6.18 Å². The molecule has 0 fully saturated rings. The Balaban J connectivity index is 0.00000196. The monoisotopic (exact) mass is 363 g/mol. The normalized spacial score (nSPS) is 16.1. The number of halogens is 3. The van der Waals surface area contributed by atoms with Crippen LogP contribution in [0.4, 0.5) is 18.9 Å². The van der Waals surface area contributed by atoms with Crippen molar-refractivity contribution in [3.05, 3.63) is 76.1 Å². The zero-order valence-corrected chi connectivity index (χ0v) is 13.7. The fraction of sp³-hybridized carbons (Fsp3) is 0.111. The highest BCUT2D eigenvalue weighted by atomic mass is 19.4. The molecule has 4 rings (SSSR count). The Hall–Kier alpha value is -2.97. The molecule has 0 aromatic heterocycles. The van der Waals surface area contributed by atoms with Crippen LogP contribution in [0.15, 0.2) is 60.1 Å². The van der Waals surface area contributed by atoms with Crippen LogP contribution in [0, 0.1) is 0 Å². The molecule has 0 saturated heterocycles. The summed E-state index contributed by atoms with van der Waals surface area (Å²) >= 11 is 0. The van der Waals surface area contributed by atoms with Crippen molar-refractivity contribution in [1.29, 1.82) is 0 Å². The number of anilines is 1. The van der Waals surface area contributed by atoms with E-state index >= 15 is 0 Å². The van der Waals surface area contributed by atoms with Gasteiger partial charge in [-0.05, 0) is 24.3 Å². The van der Waals surface area contributed by atoms with E-state index in [2.05, 4.69) is 0 Å². The number of hydrogen-bond donors (Lipinski definition) is 2. The highest BCUT2D eigenvalue weighted by Gasteiger charge is 2.38. The number of benzene rings is 2. The first kappa shape index (κ1) is 17.8. The van der Waals surface area contributed by atoms with Crippen LogP contribution in [-0.4, -0.2) is 22.5 Å². The number of quaternary nitrogens is 1. The fourth-order valence-electron chi connectivity index (χ4n) is 3.19. The van der Waals surface area contributed by atoms with Gasteiger partial charge in [0.1, 0.15) is 0 Å². The summed E-state index contributed by atoms with van der Waals surface area (Å²) in [6.45, 7) is 0. The first-order chi connectivity index (χ1) is 11.9. The van der Waals surface area contributed by atoms with E-state index in [9.17, 15) is 18.3 Å². The zero-order valence-electron chi connectivity index (χ0n) is 13.7. The van der Waals surface area contributed by atoms with Crippen LogP contribution in [-0.2, 0) is 6.18 Å². The number of alkyl halides is 3. The summed E-state index contributed by atoms with van der Waals surface area (Å²) in [6.07, 6.45) is -2.55. The molecule has 0 atom stereocenters. The topological polar surface area (TPSA) is 73.3 Å². The van der Waals surface area contributed by atoms with Gasteiger partial charge in [0.2, 0.25) is 0 Å². The molecule has 26 heavy (non-hydrogen) atoms. The van der Waals surface area contributed by atoms with Gasteiger partial charge in [-0.15, -0.1) is 0 Å². The van der Waals surface area contributed by atoms with Crippen LogP contribution >= 0.6 is 0 Å². The Bertz CT molecular complexity index is 1010. The molecular weight excluding hydrogens is 347 g/mol. The number of nitrogens with zero attached hydrogens (tertiary/aromatic N) is 2. The summed E-state index contributed by atoms with van der Waals surface area (Å²) in [6, 6.07) is 12.6. The second kappa shape index (κ2) is 6.08. The van der Waals surface area contributed by atoms with Gasteiger partial charge in [0, 0.05) is 23.7 Å². The molecule has 0 spiro atoms. The maximum absolute atomic E-state index is 13.0. The highest BCUT2D eigenvalue weighted by Crippen LogP contribution is 2.33. The van der Waals surface area contributed by atoms with Crippen molar-refractivity contribution >= 4 is 17.6 Å². The summed E-state index contributed by atoms with van der Waals surface area (Å²) in [5.41, 5.74) is 2.51. The van der Waals surface area contributed by atoms with Crippen molar-refractivity contribution < 1.29 is 29.2 Å². The van der Waals surface area contributed by atoms with Gasteiger partial charge < -0.3 is 15.5 Å². The predicted molar refractivity (Wildman–Crippen MR) is 88.8 cm³/mol. The highest BCUT2D eigenvalue weighted by molar-refractivity contribution is 5.68. The van der Waals surface area contributed by atoms with Gasteiger partial charge in [-0.25, -0.2) is 5.43 Å². The van der Waals surface area contributed by atoms with Crippen LogP contribution < -0.4 is 20.9 Å². The van der Waals surface area contributed by atoms with Gasteiger partial charge in [0.15, 0.2) is 11.4 Å². The molecule has 0 amide bonds. The lowest BCUT2D eigenvalue weighted by Gasteiger charge is -2.16. The number of aliphatic hydroxyl groups excluding tert-OH is 1. The number of fused-ring (bicyclic) bond motifs is 2. The minimum atomic E-state index is -4.43. The third-order valence-electron chi connectivity index (χ3n) is 4.34. The van der Waals surface area contributed by atoms with Gasteiger partial charge in [-0.3, -0.25) is 0 Å². The van der Waals surface area contributed by atoms with E-state index in [1.165, 1.54) is 17.1 Å². The molecular formula is C18H16F3N3O2. The molecule has 2 aliphatic heterocycles. The second-order valence-corrected chi connectivity index (χ2v) is 5.96. The van der Waals surface area contributed by atoms with Crippen molar-refractivity contribution in [2.45, 2.75) is 6.18 Å². The van der Waals surface area contributed by atoms with Crippen LogP contribution in [0.1, 0.15) is 5.56 Å². The lowest BCUT2D eigenvalue weighted by atomic mass is 10.1. The average Bonchev–Trinajstić information content (AvgIpc) is 2.93. The average molecular weight is 363 g/mol. The maximum atomic E-state index is 13.0. The predicted octanol–water partition coefficient (Wildman–Crippen LogP) is 1.05. The lowest BCUT2D eigenvalue weighted by Crippen LogP contribution is -2.90. The van der Waals surface area contributed by atoms with Crippen molar-refractivity contribution in [2.75, 3.05) is 12.1 Å². The van der Waals surface area contributed by atoms with E-state index in [-0.39, 0.29) is 17.0 Å². The van der Waals surface area contributed by atoms with Crippen LogP contribution in [0.5, 0.6) is 0 Å². The molecule has 0 radical (unpaired) electrons. The summed E-state index contributed by atoms with van der Waals surface area (Å²) in [5, 5.41) is 13.9. The van der Waals surface area contributed by atoms with Crippen LogP contribution in [0.2, 0.25) is 0 Å². The van der Waals surface area contributed by atoms with E-state index in [0.717, 1.165) is 28.3 Å². The molecule has 0 saturated carbocycles. The Morgan fingerprint density at radius 3 is 2.50 bits per heavy atom. The third-order valence-corrected chi connectivity index (χ3v) is 4.34. The standard InChI is InChI=1S/C18H14F3N3O.H2O/c1-23-10-11-5-2-3-8-14(11)15-16(23)17(25)24(22-15)13-7-4-6-12(9-13)18(19,20)21;/h2-10,22,25H,1H3;1H2. The third kappa shape index (κ3) is 2.69. The largest absolute Gasteiger partial charge is 0.870 e. The molecule has 2 heterocycles. The molecule has 2 aromatic rings. The Labute approximate surface area is 146 Å². The maximum Gasteiger partial charge on any atom is 0.416 e. The molecule has 0 bridgehead atoms. The molecule has 4 N–H and O–H groups in total.